The van der Waals surface area contributed by atoms with E-state index < -0.39 is 28.1 Å². The summed E-state index contributed by atoms with van der Waals surface area (Å²) >= 11 is 0. The molecular formula is C18H19NO5S. The van der Waals surface area contributed by atoms with Crippen molar-refractivity contribution >= 4 is 16.0 Å². The van der Waals surface area contributed by atoms with Crippen LogP contribution in [0.2, 0.25) is 0 Å². The fourth-order valence-electron chi connectivity index (χ4n) is 3.14. The first-order valence-corrected chi connectivity index (χ1v) is 9.29. The van der Waals surface area contributed by atoms with Gasteiger partial charge >= 0.3 is 5.97 Å². The van der Waals surface area contributed by atoms with E-state index in [-0.39, 0.29) is 10.5 Å². The molecule has 2 N–H and O–H groups in total. The summed E-state index contributed by atoms with van der Waals surface area (Å²) in [7, 11) is -2.59. The number of carbonyl (C=O) groups excluding carboxylic acids is 1. The Bertz CT molecular complexity index is 923. The van der Waals surface area contributed by atoms with Crippen molar-refractivity contribution in [1.82, 2.24) is 4.72 Å². The average molecular weight is 361 g/mol. The van der Waals surface area contributed by atoms with Crippen LogP contribution in [0.15, 0.2) is 47.4 Å². The second kappa shape index (κ2) is 6.59. The van der Waals surface area contributed by atoms with E-state index in [2.05, 4.69) is 9.46 Å². The zero-order chi connectivity index (χ0) is 18.2. The van der Waals surface area contributed by atoms with Gasteiger partial charge in [0.1, 0.15) is 0 Å². The number of benzene rings is 2. The minimum absolute atomic E-state index is 0.0664. The van der Waals surface area contributed by atoms with E-state index in [0.717, 1.165) is 11.1 Å². The van der Waals surface area contributed by atoms with Gasteiger partial charge in [0, 0.05) is 6.42 Å². The summed E-state index contributed by atoms with van der Waals surface area (Å²) in [6, 6.07) is 10.9. The van der Waals surface area contributed by atoms with E-state index >= 15 is 0 Å². The molecule has 1 aliphatic rings. The van der Waals surface area contributed by atoms with E-state index in [9.17, 15) is 18.3 Å². The Kier molecular flexibility index (Phi) is 4.64. The Morgan fingerprint density at radius 3 is 2.64 bits per heavy atom. The van der Waals surface area contributed by atoms with Crippen LogP contribution >= 0.6 is 0 Å². The Labute approximate surface area is 146 Å². The minimum Gasteiger partial charge on any atom is -0.465 e. The lowest BCUT2D eigenvalue weighted by atomic mass is 10.1. The van der Waals surface area contributed by atoms with Crippen molar-refractivity contribution in [3.8, 4) is 0 Å². The van der Waals surface area contributed by atoms with Gasteiger partial charge in [-0.3, -0.25) is 0 Å². The molecule has 0 radical (unpaired) electrons. The third-order valence-corrected chi connectivity index (χ3v) is 5.97. The number of aryl methyl sites for hydroxylation is 1. The van der Waals surface area contributed by atoms with Crippen LogP contribution in [-0.4, -0.2) is 32.7 Å². The molecule has 0 amide bonds. The maximum absolute atomic E-state index is 12.8. The normalized spacial score (nSPS) is 19.5. The van der Waals surface area contributed by atoms with E-state index in [4.69, 9.17) is 0 Å². The number of esters is 1. The summed E-state index contributed by atoms with van der Waals surface area (Å²) in [5.74, 6) is -0.528. The van der Waals surface area contributed by atoms with Gasteiger partial charge in [0.25, 0.3) is 0 Å². The molecule has 2 atom stereocenters. The summed E-state index contributed by atoms with van der Waals surface area (Å²) in [5, 5.41) is 10.3. The number of aliphatic hydroxyl groups is 1. The summed E-state index contributed by atoms with van der Waals surface area (Å²) in [6.45, 7) is 1.61. The molecule has 0 saturated carbocycles. The Morgan fingerprint density at radius 2 is 1.96 bits per heavy atom. The lowest BCUT2D eigenvalue weighted by molar-refractivity contribution is 0.0600. The summed E-state index contributed by atoms with van der Waals surface area (Å²) in [5.41, 5.74) is 2.42. The highest BCUT2D eigenvalue weighted by atomic mass is 32.2. The fraction of sp³-hybridized carbons (Fsp3) is 0.278. The molecular weight excluding hydrogens is 342 g/mol. The van der Waals surface area contributed by atoms with Crippen LogP contribution in [-0.2, 0) is 21.2 Å². The molecule has 0 spiro atoms. The predicted molar refractivity (Wildman–Crippen MR) is 91.7 cm³/mol. The topological polar surface area (TPSA) is 92.7 Å². The maximum Gasteiger partial charge on any atom is 0.337 e. The number of fused-ring (bicyclic) bond motifs is 1. The number of aliphatic hydroxyl groups excluding tert-OH is 1. The van der Waals surface area contributed by atoms with Crippen molar-refractivity contribution in [3.05, 3.63) is 64.7 Å². The first-order chi connectivity index (χ1) is 11.8. The largest absolute Gasteiger partial charge is 0.465 e. The van der Waals surface area contributed by atoms with Crippen LogP contribution in [0.1, 0.15) is 33.1 Å². The van der Waals surface area contributed by atoms with Gasteiger partial charge in [0.15, 0.2) is 0 Å². The first-order valence-electron chi connectivity index (χ1n) is 7.80. The molecule has 7 heteroatoms. The first kappa shape index (κ1) is 17.6. The molecule has 0 saturated heterocycles. The van der Waals surface area contributed by atoms with Gasteiger partial charge in [0.05, 0.1) is 29.7 Å². The van der Waals surface area contributed by atoms with Crippen LogP contribution in [0, 0.1) is 6.92 Å². The second-order valence-corrected chi connectivity index (χ2v) is 7.72. The number of hydrogen-bond acceptors (Lipinski definition) is 5. The van der Waals surface area contributed by atoms with Gasteiger partial charge in [-0.15, -0.1) is 0 Å². The molecule has 1 aliphatic carbocycles. The van der Waals surface area contributed by atoms with Crippen LogP contribution < -0.4 is 4.72 Å². The smallest absolute Gasteiger partial charge is 0.337 e. The SMILES string of the molecule is COC(=O)c1ccc(S(=O)(=O)N[C@@H]2c3ccccc3C[C@H]2O)c(C)c1. The highest BCUT2D eigenvalue weighted by Crippen LogP contribution is 2.32. The number of methoxy groups -OCH3 is 1. The van der Waals surface area contributed by atoms with Crippen molar-refractivity contribution < 1.29 is 23.1 Å². The molecule has 0 aliphatic heterocycles. The van der Waals surface area contributed by atoms with Gasteiger partial charge < -0.3 is 9.84 Å². The van der Waals surface area contributed by atoms with E-state index in [0.29, 0.717) is 12.0 Å². The maximum atomic E-state index is 12.8. The standard InChI is InChI=1S/C18H19NO5S/c1-11-9-13(18(21)24-2)7-8-16(11)25(22,23)19-17-14-6-4-3-5-12(14)10-15(17)20/h3-9,15,17,19-20H,10H2,1-2H3/t15-,17-/m1/s1. The molecule has 25 heavy (non-hydrogen) atoms. The Hall–Kier alpha value is -2.22. The predicted octanol–water partition coefficient (Wildman–Crippen LogP) is 1.72. The van der Waals surface area contributed by atoms with Crippen LogP contribution in [0.25, 0.3) is 0 Å². The minimum atomic E-state index is -3.86. The number of nitrogens with one attached hydrogen (secondary N) is 1. The monoisotopic (exact) mass is 361 g/mol. The molecule has 0 fully saturated rings. The third kappa shape index (κ3) is 3.30. The van der Waals surface area contributed by atoms with Gasteiger partial charge in [-0.1, -0.05) is 24.3 Å². The van der Waals surface area contributed by atoms with Crippen LogP contribution in [0.4, 0.5) is 0 Å². The van der Waals surface area contributed by atoms with Crippen molar-refractivity contribution in [1.29, 1.82) is 0 Å². The lowest BCUT2D eigenvalue weighted by Gasteiger charge is -2.19. The Morgan fingerprint density at radius 1 is 1.24 bits per heavy atom. The molecule has 3 rings (SSSR count). The summed E-state index contributed by atoms with van der Waals surface area (Å²) in [6.07, 6.45) is -0.411. The van der Waals surface area contributed by atoms with Gasteiger partial charge in [0.2, 0.25) is 10.0 Å². The van der Waals surface area contributed by atoms with Crippen molar-refractivity contribution in [2.45, 2.75) is 30.4 Å². The molecule has 2 aromatic carbocycles. The number of sulfonamides is 1. The van der Waals surface area contributed by atoms with Gasteiger partial charge in [-0.05, 0) is 41.8 Å². The lowest BCUT2D eigenvalue weighted by Crippen LogP contribution is -2.34. The van der Waals surface area contributed by atoms with Crippen LogP contribution in [0.5, 0.6) is 0 Å². The molecule has 6 nitrogen and oxygen atoms in total. The number of rotatable bonds is 4. The quantitative estimate of drug-likeness (QED) is 0.809. The zero-order valence-electron chi connectivity index (χ0n) is 13.9. The van der Waals surface area contributed by atoms with E-state index in [1.54, 1.807) is 6.92 Å². The number of ether oxygens (including phenoxy) is 1. The highest BCUT2D eigenvalue weighted by molar-refractivity contribution is 7.89. The van der Waals surface area contributed by atoms with Crippen molar-refractivity contribution in [2.75, 3.05) is 7.11 Å². The number of hydrogen-bond donors (Lipinski definition) is 2. The Balaban J connectivity index is 1.92. The fourth-order valence-corrected chi connectivity index (χ4v) is 4.62. The average Bonchev–Trinajstić information content (AvgIpc) is 2.89. The van der Waals surface area contributed by atoms with Crippen molar-refractivity contribution in [3.63, 3.8) is 0 Å². The third-order valence-electron chi connectivity index (χ3n) is 4.37. The molecule has 132 valence electrons. The molecule has 0 heterocycles. The van der Waals surface area contributed by atoms with Crippen LogP contribution in [0.3, 0.4) is 0 Å². The summed E-state index contributed by atoms with van der Waals surface area (Å²) in [4.78, 5) is 11.6. The summed E-state index contributed by atoms with van der Waals surface area (Å²) < 4.78 is 32.8. The van der Waals surface area contributed by atoms with Gasteiger partial charge in [-0.2, -0.15) is 0 Å². The van der Waals surface area contributed by atoms with E-state index in [1.807, 2.05) is 24.3 Å². The number of carbonyl (C=O) groups is 1. The molecule has 0 unspecified atom stereocenters. The molecule has 2 aromatic rings. The highest BCUT2D eigenvalue weighted by Gasteiger charge is 2.34. The van der Waals surface area contributed by atoms with E-state index in [1.165, 1.54) is 25.3 Å². The molecule has 0 bridgehead atoms. The van der Waals surface area contributed by atoms with Crippen molar-refractivity contribution in [2.24, 2.45) is 0 Å². The molecule has 0 aromatic heterocycles. The zero-order valence-corrected chi connectivity index (χ0v) is 14.7. The van der Waals surface area contributed by atoms with Gasteiger partial charge in [-0.25, -0.2) is 17.9 Å². The second-order valence-electron chi connectivity index (χ2n) is 6.04.